The number of halogens is 3. The molecule has 0 aliphatic heterocycles. The van der Waals surface area contributed by atoms with Crippen molar-refractivity contribution in [3.8, 4) is 0 Å². The van der Waals surface area contributed by atoms with Gasteiger partial charge in [0.15, 0.2) is 6.10 Å². The van der Waals surface area contributed by atoms with E-state index >= 15 is 0 Å². The Kier molecular flexibility index (Phi) is 4.62. The first-order chi connectivity index (χ1) is 7.84. The highest BCUT2D eigenvalue weighted by Crippen LogP contribution is 2.32. The summed E-state index contributed by atoms with van der Waals surface area (Å²) in [7, 11) is 0. The van der Waals surface area contributed by atoms with Gasteiger partial charge < -0.3 is 10.5 Å². The van der Waals surface area contributed by atoms with E-state index in [4.69, 9.17) is 45.3 Å². The third-order valence-electron chi connectivity index (χ3n) is 1.93. The number of esters is 1. The average molecular weight is 297 g/mol. The van der Waals surface area contributed by atoms with Crippen LogP contribution in [0.15, 0.2) is 12.1 Å². The number of ether oxygens (including phenoxy) is 1. The molecule has 1 amide bonds. The van der Waals surface area contributed by atoms with Crippen LogP contribution in [-0.2, 0) is 9.53 Å². The van der Waals surface area contributed by atoms with Crippen molar-refractivity contribution in [3.05, 3.63) is 32.8 Å². The third kappa shape index (κ3) is 3.25. The van der Waals surface area contributed by atoms with E-state index in [0.717, 1.165) is 0 Å². The largest absolute Gasteiger partial charge is 0.449 e. The van der Waals surface area contributed by atoms with Crippen LogP contribution < -0.4 is 5.73 Å². The van der Waals surface area contributed by atoms with Gasteiger partial charge in [-0.1, -0.05) is 34.8 Å². The number of nitrogens with two attached hydrogens (primary N) is 1. The Morgan fingerprint density at radius 1 is 1.24 bits per heavy atom. The van der Waals surface area contributed by atoms with E-state index in [1.54, 1.807) is 0 Å². The first-order valence-electron chi connectivity index (χ1n) is 4.48. The highest BCUT2D eigenvalue weighted by Gasteiger charge is 2.22. The molecule has 0 saturated heterocycles. The van der Waals surface area contributed by atoms with Crippen molar-refractivity contribution < 1.29 is 14.3 Å². The highest BCUT2D eigenvalue weighted by molar-refractivity contribution is 6.46. The molecule has 1 aromatic carbocycles. The summed E-state index contributed by atoms with van der Waals surface area (Å²) < 4.78 is 4.77. The van der Waals surface area contributed by atoms with Crippen molar-refractivity contribution in [2.24, 2.45) is 5.73 Å². The minimum Gasteiger partial charge on any atom is -0.449 e. The molecule has 4 nitrogen and oxygen atoms in total. The molecule has 0 fully saturated rings. The van der Waals surface area contributed by atoms with E-state index in [1.807, 2.05) is 0 Å². The Morgan fingerprint density at radius 2 is 1.76 bits per heavy atom. The average Bonchev–Trinajstić information content (AvgIpc) is 2.24. The maximum atomic E-state index is 11.7. The van der Waals surface area contributed by atoms with Crippen molar-refractivity contribution in [2.75, 3.05) is 0 Å². The molecule has 1 rings (SSSR count). The van der Waals surface area contributed by atoms with E-state index in [9.17, 15) is 9.59 Å². The van der Waals surface area contributed by atoms with Crippen molar-refractivity contribution in [1.82, 2.24) is 0 Å². The molecule has 0 aliphatic rings. The van der Waals surface area contributed by atoms with Crippen LogP contribution in [0.4, 0.5) is 0 Å². The van der Waals surface area contributed by atoms with Crippen LogP contribution >= 0.6 is 34.8 Å². The summed E-state index contributed by atoms with van der Waals surface area (Å²) in [5.41, 5.74) is 4.87. The van der Waals surface area contributed by atoms with Gasteiger partial charge >= 0.3 is 5.97 Å². The summed E-state index contributed by atoms with van der Waals surface area (Å²) in [6, 6.07) is 2.85. The molecule has 0 unspecified atom stereocenters. The molecule has 0 radical (unpaired) electrons. The molecule has 0 aromatic heterocycles. The first-order valence-corrected chi connectivity index (χ1v) is 5.61. The van der Waals surface area contributed by atoms with E-state index < -0.39 is 18.0 Å². The predicted molar refractivity (Wildman–Crippen MR) is 65.5 cm³/mol. The smallest absolute Gasteiger partial charge is 0.342 e. The molecule has 0 heterocycles. The molecular formula is C10H8Cl3NO3. The Morgan fingerprint density at radius 3 is 2.29 bits per heavy atom. The van der Waals surface area contributed by atoms with Gasteiger partial charge in [-0.2, -0.15) is 0 Å². The summed E-state index contributed by atoms with van der Waals surface area (Å²) in [4.78, 5) is 22.5. The van der Waals surface area contributed by atoms with Gasteiger partial charge in [0.2, 0.25) is 0 Å². The van der Waals surface area contributed by atoms with Gasteiger partial charge in [-0.15, -0.1) is 0 Å². The molecule has 92 valence electrons. The second-order valence-electron chi connectivity index (χ2n) is 3.17. The monoisotopic (exact) mass is 295 g/mol. The molecule has 7 heteroatoms. The molecule has 1 aromatic rings. The number of benzene rings is 1. The number of primary amides is 1. The number of rotatable bonds is 3. The van der Waals surface area contributed by atoms with Gasteiger partial charge in [-0.3, -0.25) is 4.79 Å². The maximum Gasteiger partial charge on any atom is 0.342 e. The van der Waals surface area contributed by atoms with Crippen LogP contribution in [0.2, 0.25) is 15.1 Å². The summed E-state index contributed by atoms with van der Waals surface area (Å²) in [6.45, 7) is 1.34. The van der Waals surface area contributed by atoms with Crippen LogP contribution in [-0.4, -0.2) is 18.0 Å². The molecule has 0 aliphatic carbocycles. The zero-order valence-corrected chi connectivity index (χ0v) is 10.9. The van der Waals surface area contributed by atoms with Gasteiger partial charge in [-0.25, -0.2) is 4.79 Å². The summed E-state index contributed by atoms with van der Waals surface area (Å²) in [5.74, 6) is -1.62. The third-order valence-corrected chi connectivity index (χ3v) is 3.05. The van der Waals surface area contributed by atoms with Crippen molar-refractivity contribution in [1.29, 1.82) is 0 Å². The second-order valence-corrected chi connectivity index (χ2v) is 4.36. The summed E-state index contributed by atoms with van der Waals surface area (Å²) in [6.07, 6.45) is -1.08. The Hall–Kier alpha value is -0.970. The highest BCUT2D eigenvalue weighted by atomic mass is 35.5. The van der Waals surface area contributed by atoms with Crippen LogP contribution in [0, 0.1) is 0 Å². The predicted octanol–water partition coefficient (Wildman–Crippen LogP) is 2.68. The molecule has 1 atom stereocenters. The number of carbonyl (C=O) groups is 2. The Balaban J connectivity index is 3.05. The lowest BCUT2D eigenvalue weighted by Gasteiger charge is -2.12. The minimum absolute atomic E-state index is 0.0270. The topological polar surface area (TPSA) is 69.4 Å². The van der Waals surface area contributed by atoms with E-state index in [1.165, 1.54) is 19.1 Å². The fraction of sp³-hybridized carbons (Fsp3) is 0.200. The molecule has 2 N–H and O–H groups in total. The SMILES string of the molecule is C[C@@H](OC(=O)c1c(Cl)ccc(Cl)c1Cl)C(N)=O. The van der Waals surface area contributed by atoms with Gasteiger partial charge in [0.05, 0.1) is 20.6 Å². The van der Waals surface area contributed by atoms with Crippen molar-refractivity contribution >= 4 is 46.7 Å². The van der Waals surface area contributed by atoms with Crippen LogP contribution in [0.5, 0.6) is 0 Å². The molecule has 0 spiro atoms. The van der Waals surface area contributed by atoms with E-state index in [-0.39, 0.29) is 20.6 Å². The Labute approximate surface area is 113 Å². The number of hydrogen-bond acceptors (Lipinski definition) is 3. The number of amides is 1. The van der Waals surface area contributed by atoms with Gasteiger partial charge in [0.25, 0.3) is 5.91 Å². The van der Waals surface area contributed by atoms with Crippen LogP contribution in [0.25, 0.3) is 0 Å². The van der Waals surface area contributed by atoms with Crippen LogP contribution in [0.1, 0.15) is 17.3 Å². The fourth-order valence-electron chi connectivity index (χ4n) is 0.992. The fourth-order valence-corrected chi connectivity index (χ4v) is 1.67. The summed E-state index contributed by atoms with van der Waals surface area (Å²) >= 11 is 17.4. The molecule has 17 heavy (non-hydrogen) atoms. The molecule has 0 bridgehead atoms. The zero-order chi connectivity index (χ0) is 13.2. The lowest BCUT2D eigenvalue weighted by Crippen LogP contribution is -2.30. The van der Waals surface area contributed by atoms with Gasteiger partial charge in [-0.05, 0) is 19.1 Å². The Bertz CT molecular complexity index is 476. The maximum absolute atomic E-state index is 11.7. The first kappa shape index (κ1) is 14.1. The van der Waals surface area contributed by atoms with Gasteiger partial charge in [0, 0.05) is 0 Å². The summed E-state index contributed by atoms with van der Waals surface area (Å²) in [5, 5.41) is 0.219. The second kappa shape index (κ2) is 5.58. The van der Waals surface area contributed by atoms with Gasteiger partial charge in [0.1, 0.15) is 0 Å². The van der Waals surface area contributed by atoms with E-state index in [2.05, 4.69) is 0 Å². The number of hydrogen-bond donors (Lipinski definition) is 1. The minimum atomic E-state index is -1.08. The number of carbonyl (C=O) groups excluding carboxylic acids is 2. The van der Waals surface area contributed by atoms with E-state index in [0.29, 0.717) is 0 Å². The van der Waals surface area contributed by atoms with Crippen molar-refractivity contribution in [2.45, 2.75) is 13.0 Å². The van der Waals surface area contributed by atoms with Crippen molar-refractivity contribution in [3.63, 3.8) is 0 Å². The molecular weight excluding hydrogens is 288 g/mol. The quantitative estimate of drug-likeness (QED) is 0.688. The zero-order valence-electron chi connectivity index (χ0n) is 8.67. The lowest BCUT2D eigenvalue weighted by molar-refractivity contribution is -0.125. The lowest BCUT2D eigenvalue weighted by atomic mass is 10.2. The standard InChI is InChI=1S/C10H8Cl3NO3/c1-4(9(14)15)17-10(16)7-5(11)2-3-6(12)8(7)13/h2-4H,1H3,(H2,14,15)/t4-/m1/s1. The normalized spacial score (nSPS) is 12.0. The molecule has 0 saturated carbocycles. The van der Waals surface area contributed by atoms with Crippen LogP contribution in [0.3, 0.4) is 0 Å².